The number of aliphatic hydroxyl groups excluding tert-OH is 1. The summed E-state index contributed by atoms with van der Waals surface area (Å²) in [6, 6.07) is 6.84. The van der Waals surface area contributed by atoms with Crippen LogP contribution in [0.4, 0.5) is 0 Å². The molecule has 0 aliphatic carbocycles. The van der Waals surface area contributed by atoms with Crippen LogP contribution in [-0.2, 0) is 14.8 Å². The number of aliphatic hydroxyl groups is 1. The van der Waals surface area contributed by atoms with Crippen molar-refractivity contribution in [3.05, 3.63) is 28.6 Å². The van der Waals surface area contributed by atoms with Crippen molar-refractivity contribution in [2.75, 3.05) is 46.3 Å². The summed E-state index contributed by atoms with van der Waals surface area (Å²) in [5.74, 6) is 0.141. The van der Waals surface area contributed by atoms with E-state index < -0.39 is 22.3 Å². The number of carbonyl (C=O) groups excluding carboxylic acids is 1. The average Bonchev–Trinajstić information content (AvgIpc) is 3.71. The van der Waals surface area contributed by atoms with E-state index in [9.17, 15) is 18.3 Å². The first-order chi connectivity index (χ1) is 18.2. The fraction of sp³-hybridized carbons (Fsp3) is 0.654. The molecule has 0 spiro atoms. The summed E-state index contributed by atoms with van der Waals surface area (Å²) in [6.45, 7) is 5.12. The highest BCUT2D eigenvalue weighted by atomic mass is 35.5. The largest absolute Gasteiger partial charge is 0.377 e. The number of nitrogens with zero attached hydrogens (tertiary/aromatic N) is 4. The molecule has 0 aromatic carbocycles. The smallest absolute Gasteiger partial charge is 0.252 e. The summed E-state index contributed by atoms with van der Waals surface area (Å²) in [4.78, 5) is 21.3. The summed E-state index contributed by atoms with van der Waals surface area (Å²) in [6.07, 6.45) is 5.32. The second kappa shape index (κ2) is 12.2. The van der Waals surface area contributed by atoms with E-state index in [1.54, 1.807) is 25.2 Å². The minimum Gasteiger partial charge on any atom is -0.377 e. The lowest BCUT2D eigenvalue weighted by molar-refractivity contribution is -0.134. The van der Waals surface area contributed by atoms with Crippen LogP contribution in [0.3, 0.4) is 0 Å². The maximum Gasteiger partial charge on any atom is 0.252 e. The van der Waals surface area contributed by atoms with Gasteiger partial charge in [-0.05, 0) is 75.9 Å². The van der Waals surface area contributed by atoms with Crippen molar-refractivity contribution in [1.29, 1.82) is 0 Å². The number of hydrogen-bond donors (Lipinski definition) is 1. The molecule has 3 atom stereocenters. The van der Waals surface area contributed by atoms with Gasteiger partial charge < -0.3 is 14.9 Å². The molecular weight excluding hydrogens is 564 g/mol. The molecule has 1 amide bonds. The molecule has 0 saturated carbocycles. The number of amides is 1. The van der Waals surface area contributed by atoms with Crippen molar-refractivity contribution in [2.45, 2.75) is 67.5 Å². The third-order valence-electron chi connectivity index (χ3n) is 8.14. The zero-order chi connectivity index (χ0) is 26.9. The van der Waals surface area contributed by atoms with Crippen molar-refractivity contribution >= 4 is 50.2 Å². The van der Waals surface area contributed by atoms with Gasteiger partial charge in [0.1, 0.15) is 10.4 Å². The fourth-order valence-electron chi connectivity index (χ4n) is 6.00. The van der Waals surface area contributed by atoms with E-state index in [1.807, 2.05) is 15.9 Å². The number of thiophene rings is 2. The summed E-state index contributed by atoms with van der Waals surface area (Å²) >= 11 is 8.68. The lowest BCUT2D eigenvalue weighted by Crippen LogP contribution is -2.56. The molecule has 3 saturated heterocycles. The van der Waals surface area contributed by atoms with Crippen LogP contribution in [0.2, 0.25) is 4.34 Å². The van der Waals surface area contributed by atoms with Crippen LogP contribution >= 0.6 is 34.3 Å². The summed E-state index contributed by atoms with van der Waals surface area (Å²) in [5.41, 5.74) is 0. The molecule has 5 rings (SSSR count). The van der Waals surface area contributed by atoms with Gasteiger partial charge >= 0.3 is 0 Å². The van der Waals surface area contributed by atoms with Gasteiger partial charge in [-0.15, -0.1) is 22.7 Å². The highest BCUT2D eigenvalue weighted by molar-refractivity contribution is 7.91. The summed E-state index contributed by atoms with van der Waals surface area (Å²) in [7, 11) is -2.23. The van der Waals surface area contributed by atoms with Crippen molar-refractivity contribution in [3.8, 4) is 9.75 Å². The van der Waals surface area contributed by atoms with Gasteiger partial charge in [0.2, 0.25) is 5.91 Å². The number of hydrogen-bond acceptors (Lipinski definition) is 8. The van der Waals surface area contributed by atoms with Crippen molar-refractivity contribution in [3.63, 3.8) is 0 Å². The Morgan fingerprint density at radius 2 is 1.74 bits per heavy atom. The van der Waals surface area contributed by atoms with Gasteiger partial charge in [-0.2, -0.15) is 4.31 Å². The minimum absolute atomic E-state index is 0.141. The Hall–Kier alpha value is -1.05. The molecule has 1 N–H and O–H groups in total. The first-order valence-electron chi connectivity index (χ1n) is 13.5. The van der Waals surface area contributed by atoms with Crippen molar-refractivity contribution in [1.82, 2.24) is 19.0 Å². The second-order valence-corrected chi connectivity index (χ2v) is 15.6. The Bertz CT molecular complexity index is 1210. The Balaban J connectivity index is 1.19. The molecule has 0 radical (unpaired) electrons. The van der Waals surface area contributed by atoms with Gasteiger partial charge in [0, 0.05) is 55.4 Å². The van der Waals surface area contributed by atoms with E-state index in [2.05, 4.69) is 4.90 Å². The lowest BCUT2D eigenvalue weighted by Gasteiger charge is -2.41. The number of sulfonamides is 1. The molecule has 12 heteroatoms. The number of carbonyl (C=O) groups is 1. The van der Waals surface area contributed by atoms with Gasteiger partial charge in [0.15, 0.2) is 0 Å². The minimum atomic E-state index is -3.78. The number of likely N-dealkylation sites (N-methyl/N-ethyl adjacent to an activating group) is 1. The standard InChI is InChI=1S/C26H37ClN4O4S3/c1-28(38(34,35)25-11-9-22(37-25)21-8-10-23(27)36-21)20-7-5-15-30(26(20)33)17-12-24(32)31-16-4-6-19(31)18-29-13-2-3-14-29/h8-11,19-20,26,33H,2-7,12-18H2,1H3/t19-,20-,26?/m0/s1. The first kappa shape index (κ1) is 28.5. The van der Waals surface area contributed by atoms with Gasteiger partial charge in [0.05, 0.1) is 10.4 Å². The van der Waals surface area contributed by atoms with Gasteiger partial charge in [-0.25, -0.2) is 8.42 Å². The highest BCUT2D eigenvalue weighted by Crippen LogP contribution is 2.38. The van der Waals surface area contributed by atoms with Crippen molar-refractivity contribution < 1.29 is 18.3 Å². The number of likely N-dealkylation sites (tertiary alicyclic amines) is 3. The first-order valence-corrected chi connectivity index (χ1v) is 17.0. The third-order valence-corrected chi connectivity index (χ3v) is 13.0. The molecule has 210 valence electrons. The monoisotopic (exact) mass is 600 g/mol. The maximum atomic E-state index is 13.5. The van der Waals surface area contributed by atoms with E-state index in [1.165, 1.54) is 39.8 Å². The summed E-state index contributed by atoms with van der Waals surface area (Å²) < 4.78 is 29.2. The zero-order valence-electron chi connectivity index (χ0n) is 21.8. The molecule has 3 aliphatic rings. The molecule has 2 aromatic heterocycles. The van der Waals surface area contributed by atoms with Gasteiger partial charge in [-0.1, -0.05) is 11.6 Å². The number of piperidine rings is 1. The van der Waals surface area contributed by atoms with Crippen LogP contribution in [0.15, 0.2) is 28.5 Å². The van der Waals surface area contributed by atoms with Crippen LogP contribution in [0, 0.1) is 0 Å². The molecule has 1 unspecified atom stereocenters. The normalized spacial score (nSPS) is 25.6. The molecule has 0 bridgehead atoms. The van der Waals surface area contributed by atoms with Gasteiger partial charge in [0.25, 0.3) is 10.0 Å². The Kier molecular flexibility index (Phi) is 9.16. The van der Waals surface area contributed by atoms with Crippen LogP contribution in [0.5, 0.6) is 0 Å². The summed E-state index contributed by atoms with van der Waals surface area (Å²) in [5, 5.41) is 11.2. The van der Waals surface area contributed by atoms with Crippen LogP contribution in [0.1, 0.15) is 44.9 Å². The highest BCUT2D eigenvalue weighted by Gasteiger charge is 2.39. The van der Waals surface area contributed by atoms with Crippen LogP contribution in [0.25, 0.3) is 9.75 Å². The quantitative estimate of drug-likeness (QED) is 0.468. The van der Waals surface area contributed by atoms with E-state index in [4.69, 9.17) is 11.6 Å². The predicted molar refractivity (Wildman–Crippen MR) is 153 cm³/mol. The topological polar surface area (TPSA) is 84.4 Å². The van der Waals surface area contributed by atoms with E-state index in [-0.39, 0.29) is 16.2 Å². The lowest BCUT2D eigenvalue weighted by atomic mass is 10.0. The molecule has 3 fully saturated rings. The molecule has 3 aliphatic heterocycles. The number of rotatable bonds is 9. The van der Waals surface area contributed by atoms with Gasteiger partial charge in [-0.3, -0.25) is 9.69 Å². The Labute approximate surface area is 238 Å². The third kappa shape index (κ3) is 6.15. The molecular formula is C26H37ClN4O4S3. The SMILES string of the molecule is CN([C@H]1CCCN(CCC(=O)N2CCC[C@H]2CN2CCCC2)C1O)S(=O)(=O)c1ccc(-c2ccc(Cl)s2)s1. The Morgan fingerprint density at radius 1 is 1.03 bits per heavy atom. The van der Waals surface area contributed by atoms with Crippen LogP contribution < -0.4 is 0 Å². The second-order valence-electron chi connectivity index (χ2n) is 10.5. The maximum absolute atomic E-state index is 13.5. The predicted octanol–water partition coefficient (Wildman–Crippen LogP) is 4.01. The Morgan fingerprint density at radius 3 is 2.47 bits per heavy atom. The van der Waals surface area contributed by atoms with E-state index >= 15 is 0 Å². The van der Waals surface area contributed by atoms with Crippen LogP contribution in [-0.4, -0.2) is 103 Å². The zero-order valence-corrected chi connectivity index (χ0v) is 25.0. The molecule has 2 aromatic rings. The molecule has 8 nitrogen and oxygen atoms in total. The molecule has 38 heavy (non-hydrogen) atoms. The fourth-order valence-corrected chi connectivity index (χ4v) is 10.0. The average molecular weight is 601 g/mol. The van der Waals surface area contributed by atoms with E-state index in [0.29, 0.717) is 30.3 Å². The van der Waals surface area contributed by atoms with Crippen molar-refractivity contribution in [2.24, 2.45) is 0 Å². The number of halogens is 1. The van der Waals surface area contributed by atoms with E-state index in [0.717, 1.165) is 55.2 Å². The molecule has 5 heterocycles.